The lowest BCUT2D eigenvalue weighted by Crippen LogP contribution is -2.27. The average molecular weight is 212 g/mol. The minimum Gasteiger partial charge on any atom is -0.481 e. The van der Waals surface area contributed by atoms with Crippen LogP contribution in [0, 0.1) is 0 Å². The highest BCUT2D eigenvalue weighted by atomic mass is 19.1. The molecule has 84 valence electrons. The molecule has 1 rings (SSSR count). The molecule has 1 saturated heterocycles. The molecule has 1 N–H and O–H groups in total. The molecule has 0 aromatic rings. The highest BCUT2D eigenvalue weighted by Gasteiger charge is 2.20. The van der Waals surface area contributed by atoms with E-state index in [0.29, 0.717) is 5.90 Å². The van der Waals surface area contributed by atoms with Crippen LogP contribution in [0.4, 0.5) is 4.39 Å². The van der Waals surface area contributed by atoms with Gasteiger partial charge < -0.3 is 10.1 Å². The van der Waals surface area contributed by atoms with Crippen LogP contribution in [0.2, 0.25) is 0 Å². The molecule has 4 heteroatoms. The van der Waals surface area contributed by atoms with Crippen molar-refractivity contribution in [2.45, 2.75) is 25.8 Å². The van der Waals surface area contributed by atoms with Gasteiger partial charge in [0.25, 0.3) is 0 Å². The minimum atomic E-state index is -0.350. The van der Waals surface area contributed by atoms with E-state index in [1.165, 1.54) is 14.0 Å². The van der Waals surface area contributed by atoms with Crippen molar-refractivity contribution in [3.05, 3.63) is 24.2 Å². The first-order valence-electron chi connectivity index (χ1n) is 5.01. The van der Waals surface area contributed by atoms with E-state index in [4.69, 9.17) is 4.74 Å². The van der Waals surface area contributed by atoms with Crippen LogP contribution in [-0.2, 0) is 4.74 Å². The number of nitrogens with zero attached hydrogens (tertiary/aromatic N) is 1. The lowest BCUT2D eigenvalue weighted by molar-refractivity contribution is 0.399. The number of methoxy groups -OCH3 is 1. The molecule has 0 amide bonds. The molecule has 0 aliphatic carbocycles. The van der Waals surface area contributed by atoms with E-state index in [-0.39, 0.29) is 11.9 Å². The van der Waals surface area contributed by atoms with Gasteiger partial charge in [-0.2, -0.15) is 0 Å². The molecule has 15 heavy (non-hydrogen) atoms. The maximum Gasteiger partial charge on any atom is 0.217 e. The number of rotatable bonds is 3. The molecule has 0 radical (unpaired) electrons. The Bertz CT molecular complexity index is 287. The predicted molar refractivity (Wildman–Crippen MR) is 59.5 cm³/mol. The van der Waals surface area contributed by atoms with Gasteiger partial charge in [0.05, 0.1) is 13.3 Å². The summed E-state index contributed by atoms with van der Waals surface area (Å²) in [5.74, 6) is 0.0446. The predicted octanol–water partition coefficient (Wildman–Crippen LogP) is 2.17. The molecule has 0 spiro atoms. The summed E-state index contributed by atoms with van der Waals surface area (Å²) < 4.78 is 17.6. The second-order valence-corrected chi connectivity index (χ2v) is 3.53. The fourth-order valence-corrected chi connectivity index (χ4v) is 1.55. The third-order valence-corrected chi connectivity index (χ3v) is 2.31. The van der Waals surface area contributed by atoms with E-state index >= 15 is 0 Å². The van der Waals surface area contributed by atoms with Crippen LogP contribution in [0.15, 0.2) is 29.2 Å². The van der Waals surface area contributed by atoms with Crippen LogP contribution < -0.4 is 5.32 Å². The van der Waals surface area contributed by atoms with E-state index in [2.05, 4.69) is 16.9 Å². The summed E-state index contributed by atoms with van der Waals surface area (Å²) in [7, 11) is 1.51. The van der Waals surface area contributed by atoms with Gasteiger partial charge >= 0.3 is 0 Å². The Hall–Kier alpha value is -1.16. The summed E-state index contributed by atoms with van der Waals surface area (Å²) in [6.45, 7) is 6.24. The number of aliphatic imine (C=N–C) groups is 1. The third-order valence-electron chi connectivity index (χ3n) is 2.31. The van der Waals surface area contributed by atoms with Crippen molar-refractivity contribution >= 4 is 5.90 Å². The molecular weight excluding hydrogens is 195 g/mol. The fourth-order valence-electron chi connectivity index (χ4n) is 1.55. The standard InChI is InChI=1S/C11H17FN2O/c1-8(12)7-14-11(15-3)9(2)10-5-4-6-13-10/h7,10,13H,2,4-6H2,1,3H3/b8-7+,14-11+/t10-/m1/s1. The number of halogens is 1. The molecule has 0 aromatic heterocycles. The number of allylic oxidation sites excluding steroid dienone is 1. The van der Waals surface area contributed by atoms with E-state index in [1.807, 2.05) is 0 Å². The third kappa shape index (κ3) is 3.47. The molecule has 1 heterocycles. The molecule has 0 saturated carbocycles. The Labute approximate surface area is 89.7 Å². The Kier molecular flexibility index (Phi) is 4.49. The van der Waals surface area contributed by atoms with Gasteiger partial charge in [-0.25, -0.2) is 9.38 Å². The van der Waals surface area contributed by atoms with Crippen molar-refractivity contribution in [2.24, 2.45) is 4.99 Å². The molecule has 0 unspecified atom stereocenters. The SMILES string of the molecule is C=C(/C(=N\C=C(/C)F)OC)[C@H]1CCCN1. The highest BCUT2D eigenvalue weighted by molar-refractivity contribution is 5.94. The van der Waals surface area contributed by atoms with Crippen LogP contribution in [0.25, 0.3) is 0 Å². The van der Waals surface area contributed by atoms with Gasteiger partial charge in [-0.3, -0.25) is 0 Å². The lowest BCUT2D eigenvalue weighted by Gasteiger charge is -2.14. The second-order valence-electron chi connectivity index (χ2n) is 3.53. The Balaban J connectivity index is 2.69. The highest BCUT2D eigenvalue weighted by Crippen LogP contribution is 2.14. The Morgan fingerprint density at radius 3 is 2.87 bits per heavy atom. The lowest BCUT2D eigenvalue weighted by atomic mass is 10.1. The summed E-state index contributed by atoms with van der Waals surface area (Å²) in [5.41, 5.74) is 0.785. The second kappa shape index (κ2) is 5.66. The molecule has 3 nitrogen and oxygen atoms in total. The summed E-state index contributed by atoms with van der Waals surface area (Å²) in [5, 5.41) is 3.28. The zero-order chi connectivity index (χ0) is 11.3. The van der Waals surface area contributed by atoms with Crippen LogP contribution in [0.3, 0.4) is 0 Å². The first-order chi connectivity index (χ1) is 7.15. The van der Waals surface area contributed by atoms with Crippen molar-refractivity contribution in [2.75, 3.05) is 13.7 Å². The van der Waals surface area contributed by atoms with Crippen molar-refractivity contribution in [3.63, 3.8) is 0 Å². The van der Waals surface area contributed by atoms with E-state index in [9.17, 15) is 4.39 Å². The number of ether oxygens (including phenoxy) is 1. The smallest absolute Gasteiger partial charge is 0.217 e. The number of nitrogens with one attached hydrogen (secondary N) is 1. The fraction of sp³-hybridized carbons (Fsp3) is 0.545. The van der Waals surface area contributed by atoms with Crippen molar-refractivity contribution in [1.29, 1.82) is 0 Å². The van der Waals surface area contributed by atoms with E-state index in [1.54, 1.807) is 0 Å². The molecule has 1 aliphatic rings. The number of hydrogen-bond donors (Lipinski definition) is 1. The summed E-state index contributed by atoms with van der Waals surface area (Å²) >= 11 is 0. The minimum absolute atomic E-state index is 0.206. The Morgan fingerprint density at radius 2 is 2.40 bits per heavy atom. The van der Waals surface area contributed by atoms with Gasteiger partial charge in [-0.15, -0.1) is 0 Å². The van der Waals surface area contributed by atoms with E-state index in [0.717, 1.165) is 31.2 Å². The van der Waals surface area contributed by atoms with Crippen LogP contribution in [0.1, 0.15) is 19.8 Å². The molecule has 0 bridgehead atoms. The van der Waals surface area contributed by atoms with Crippen LogP contribution >= 0.6 is 0 Å². The van der Waals surface area contributed by atoms with Gasteiger partial charge in [0.1, 0.15) is 5.83 Å². The summed E-state index contributed by atoms with van der Waals surface area (Å²) in [4.78, 5) is 3.90. The van der Waals surface area contributed by atoms with Gasteiger partial charge in [-0.05, 0) is 26.3 Å². The topological polar surface area (TPSA) is 33.6 Å². The molecule has 1 aliphatic heterocycles. The van der Waals surface area contributed by atoms with Gasteiger partial charge in [0, 0.05) is 11.6 Å². The first-order valence-corrected chi connectivity index (χ1v) is 5.01. The summed E-state index contributed by atoms with van der Waals surface area (Å²) in [6.07, 6.45) is 3.29. The van der Waals surface area contributed by atoms with E-state index < -0.39 is 0 Å². The van der Waals surface area contributed by atoms with Crippen molar-refractivity contribution < 1.29 is 9.13 Å². The first kappa shape index (κ1) is 11.9. The van der Waals surface area contributed by atoms with Crippen molar-refractivity contribution in [3.8, 4) is 0 Å². The normalized spacial score (nSPS) is 23.0. The molecule has 1 atom stereocenters. The quantitative estimate of drug-likeness (QED) is 0.574. The zero-order valence-electron chi connectivity index (χ0n) is 9.22. The maximum atomic E-state index is 12.5. The van der Waals surface area contributed by atoms with Crippen molar-refractivity contribution in [1.82, 2.24) is 5.32 Å². The zero-order valence-corrected chi connectivity index (χ0v) is 9.22. The van der Waals surface area contributed by atoms with Gasteiger partial charge in [-0.1, -0.05) is 6.58 Å². The maximum absolute atomic E-state index is 12.5. The largest absolute Gasteiger partial charge is 0.481 e. The van der Waals surface area contributed by atoms with Gasteiger partial charge in [0.15, 0.2) is 0 Å². The number of hydrogen-bond acceptors (Lipinski definition) is 3. The molecular formula is C11H17FN2O. The summed E-state index contributed by atoms with van der Waals surface area (Å²) in [6, 6.07) is 0.206. The van der Waals surface area contributed by atoms with Gasteiger partial charge in [0.2, 0.25) is 5.90 Å². The average Bonchev–Trinajstić information content (AvgIpc) is 2.70. The molecule has 0 aromatic carbocycles. The van der Waals surface area contributed by atoms with Crippen LogP contribution in [0.5, 0.6) is 0 Å². The monoisotopic (exact) mass is 212 g/mol. The van der Waals surface area contributed by atoms with Crippen LogP contribution in [-0.4, -0.2) is 25.6 Å². The molecule has 1 fully saturated rings. The Morgan fingerprint density at radius 1 is 1.67 bits per heavy atom.